The molecule has 2 heterocycles. The van der Waals surface area contributed by atoms with Gasteiger partial charge in [0, 0.05) is 31.7 Å². The highest BCUT2D eigenvalue weighted by Gasteiger charge is 2.48. The molecule has 3 heteroatoms. The fourth-order valence-corrected chi connectivity index (χ4v) is 4.42. The zero-order valence-electron chi connectivity index (χ0n) is 10.8. The summed E-state index contributed by atoms with van der Waals surface area (Å²) in [6.07, 6.45) is 8.09. The maximum absolute atomic E-state index is 9.67. The largest absolute Gasteiger partial charge is 0.396 e. The Morgan fingerprint density at radius 2 is 1.88 bits per heavy atom. The Bertz CT molecular complexity index is 257. The lowest BCUT2D eigenvalue weighted by atomic mass is 9.77. The number of likely N-dealkylation sites (tertiary alicyclic amines) is 1. The Labute approximate surface area is 105 Å². The van der Waals surface area contributed by atoms with Crippen LogP contribution in [0.25, 0.3) is 0 Å². The second kappa shape index (κ2) is 4.87. The monoisotopic (exact) mass is 238 g/mol. The van der Waals surface area contributed by atoms with Crippen LogP contribution in [-0.4, -0.2) is 48.8 Å². The van der Waals surface area contributed by atoms with E-state index in [0.717, 1.165) is 12.6 Å². The van der Waals surface area contributed by atoms with Crippen molar-refractivity contribution in [3.63, 3.8) is 0 Å². The first-order chi connectivity index (χ1) is 8.34. The van der Waals surface area contributed by atoms with Crippen LogP contribution in [0.4, 0.5) is 0 Å². The number of nitrogens with zero attached hydrogens (tertiary/aromatic N) is 1. The maximum atomic E-state index is 9.67. The predicted molar refractivity (Wildman–Crippen MR) is 68.9 cm³/mol. The SMILES string of the molecule is OC[C@H]1CN(C2CCNCC2)CC12CCCC2. The second-order valence-corrected chi connectivity index (χ2v) is 6.36. The molecule has 98 valence electrons. The molecule has 0 bridgehead atoms. The van der Waals surface area contributed by atoms with Crippen molar-refractivity contribution in [1.29, 1.82) is 0 Å². The van der Waals surface area contributed by atoms with Crippen LogP contribution in [0.2, 0.25) is 0 Å². The standard InChI is InChI=1S/C14H26N2O/c17-10-12-9-16(13-3-7-15-8-4-13)11-14(12)5-1-2-6-14/h12-13,15,17H,1-11H2/t12-/m1/s1. The summed E-state index contributed by atoms with van der Waals surface area (Å²) in [7, 11) is 0. The zero-order chi connectivity index (χ0) is 11.7. The number of hydrogen-bond acceptors (Lipinski definition) is 3. The van der Waals surface area contributed by atoms with E-state index in [4.69, 9.17) is 0 Å². The number of rotatable bonds is 2. The quantitative estimate of drug-likeness (QED) is 0.759. The molecule has 2 saturated heterocycles. The van der Waals surface area contributed by atoms with Gasteiger partial charge in [0.2, 0.25) is 0 Å². The van der Waals surface area contributed by atoms with Crippen LogP contribution in [0.5, 0.6) is 0 Å². The number of hydrogen-bond donors (Lipinski definition) is 2. The fourth-order valence-electron chi connectivity index (χ4n) is 4.42. The normalized spacial score (nSPS) is 34.8. The Morgan fingerprint density at radius 1 is 1.18 bits per heavy atom. The van der Waals surface area contributed by atoms with Crippen molar-refractivity contribution in [1.82, 2.24) is 10.2 Å². The molecule has 0 aromatic rings. The minimum Gasteiger partial charge on any atom is -0.396 e. The fraction of sp³-hybridized carbons (Fsp3) is 1.00. The van der Waals surface area contributed by atoms with Gasteiger partial charge < -0.3 is 10.4 Å². The third kappa shape index (κ3) is 2.13. The molecule has 3 rings (SSSR count). The van der Waals surface area contributed by atoms with Crippen LogP contribution in [0, 0.1) is 11.3 Å². The van der Waals surface area contributed by atoms with Gasteiger partial charge in [-0.3, -0.25) is 4.90 Å². The van der Waals surface area contributed by atoms with Crippen LogP contribution in [0.3, 0.4) is 0 Å². The molecule has 0 aromatic heterocycles. The minimum absolute atomic E-state index is 0.404. The van der Waals surface area contributed by atoms with Crippen LogP contribution in [0.1, 0.15) is 38.5 Å². The van der Waals surface area contributed by atoms with Crippen molar-refractivity contribution in [3.8, 4) is 0 Å². The van der Waals surface area contributed by atoms with Crippen LogP contribution >= 0.6 is 0 Å². The smallest absolute Gasteiger partial charge is 0.0477 e. The summed E-state index contributed by atoms with van der Waals surface area (Å²) in [4.78, 5) is 2.70. The molecule has 2 N–H and O–H groups in total. The topological polar surface area (TPSA) is 35.5 Å². The van der Waals surface area contributed by atoms with Gasteiger partial charge in [-0.15, -0.1) is 0 Å². The van der Waals surface area contributed by atoms with E-state index in [1.54, 1.807) is 0 Å². The summed E-state index contributed by atoms with van der Waals surface area (Å²) in [5.74, 6) is 0.555. The van der Waals surface area contributed by atoms with Crippen molar-refractivity contribution in [3.05, 3.63) is 0 Å². The third-order valence-corrected chi connectivity index (χ3v) is 5.48. The molecule has 0 unspecified atom stereocenters. The molecule has 0 radical (unpaired) electrons. The van der Waals surface area contributed by atoms with Crippen molar-refractivity contribution in [2.45, 2.75) is 44.6 Å². The highest BCUT2D eigenvalue weighted by Crippen LogP contribution is 2.49. The Morgan fingerprint density at radius 3 is 2.53 bits per heavy atom. The number of nitrogens with one attached hydrogen (secondary N) is 1. The van der Waals surface area contributed by atoms with Crippen molar-refractivity contribution in [2.24, 2.45) is 11.3 Å². The predicted octanol–water partition coefficient (Wildman–Crippen LogP) is 1.22. The highest BCUT2D eigenvalue weighted by molar-refractivity contribution is 5.01. The van der Waals surface area contributed by atoms with Gasteiger partial charge in [-0.05, 0) is 44.2 Å². The van der Waals surface area contributed by atoms with E-state index >= 15 is 0 Å². The minimum atomic E-state index is 0.404. The third-order valence-electron chi connectivity index (χ3n) is 5.48. The van der Waals surface area contributed by atoms with E-state index in [2.05, 4.69) is 10.2 Å². The number of aliphatic hydroxyl groups is 1. The molecule has 1 saturated carbocycles. The molecular formula is C14H26N2O. The molecule has 1 aliphatic carbocycles. The lowest BCUT2D eigenvalue weighted by molar-refractivity contribution is 0.137. The zero-order valence-corrected chi connectivity index (χ0v) is 10.8. The molecule has 0 amide bonds. The van der Waals surface area contributed by atoms with Crippen LogP contribution in [-0.2, 0) is 0 Å². The van der Waals surface area contributed by atoms with Gasteiger partial charge in [0.05, 0.1) is 0 Å². The summed E-state index contributed by atoms with van der Waals surface area (Å²) in [6, 6.07) is 0.783. The van der Waals surface area contributed by atoms with Gasteiger partial charge in [-0.1, -0.05) is 12.8 Å². The van der Waals surface area contributed by atoms with Gasteiger partial charge in [-0.2, -0.15) is 0 Å². The summed E-state index contributed by atoms with van der Waals surface area (Å²) in [6.45, 7) is 5.18. The van der Waals surface area contributed by atoms with Gasteiger partial charge in [0.15, 0.2) is 0 Å². The Balaban J connectivity index is 1.68. The van der Waals surface area contributed by atoms with E-state index in [-0.39, 0.29) is 0 Å². The van der Waals surface area contributed by atoms with E-state index in [1.807, 2.05) is 0 Å². The Kier molecular flexibility index (Phi) is 3.42. The molecule has 17 heavy (non-hydrogen) atoms. The first-order valence-corrected chi connectivity index (χ1v) is 7.40. The Hall–Kier alpha value is -0.120. The summed E-state index contributed by atoms with van der Waals surface area (Å²) >= 11 is 0. The van der Waals surface area contributed by atoms with Gasteiger partial charge in [0.25, 0.3) is 0 Å². The summed E-state index contributed by atoms with van der Waals surface area (Å²) < 4.78 is 0. The molecule has 2 aliphatic heterocycles. The highest BCUT2D eigenvalue weighted by atomic mass is 16.3. The maximum Gasteiger partial charge on any atom is 0.0477 e. The molecule has 1 atom stereocenters. The van der Waals surface area contributed by atoms with E-state index in [0.29, 0.717) is 17.9 Å². The summed E-state index contributed by atoms with van der Waals surface area (Å²) in [5.41, 5.74) is 0.486. The van der Waals surface area contributed by atoms with E-state index < -0.39 is 0 Å². The molecular weight excluding hydrogens is 212 g/mol. The van der Waals surface area contributed by atoms with Crippen molar-refractivity contribution < 1.29 is 5.11 Å². The average molecular weight is 238 g/mol. The number of aliphatic hydroxyl groups excluding tert-OH is 1. The molecule has 3 aliphatic rings. The van der Waals surface area contributed by atoms with E-state index in [9.17, 15) is 5.11 Å². The van der Waals surface area contributed by atoms with Crippen molar-refractivity contribution in [2.75, 3.05) is 32.8 Å². The van der Waals surface area contributed by atoms with Gasteiger partial charge in [-0.25, -0.2) is 0 Å². The number of piperidine rings is 1. The lowest BCUT2D eigenvalue weighted by Gasteiger charge is -2.33. The van der Waals surface area contributed by atoms with Crippen LogP contribution in [0.15, 0.2) is 0 Å². The average Bonchev–Trinajstić information content (AvgIpc) is 2.99. The van der Waals surface area contributed by atoms with Gasteiger partial charge >= 0.3 is 0 Å². The molecule has 3 fully saturated rings. The second-order valence-electron chi connectivity index (χ2n) is 6.36. The lowest BCUT2D eigenvalue weighted by Crippen LogP contribution is -2.42. The molecule has 3 nitrogen and oxygen atoms in total. The summed E-state index contributed by atoms with van der Waals surface area (Å²) in [5, 5.41) is 13.1. The van der Waals surface area contributed by atoms with E-state index in [1.165, 1.54) is 58.2 Å². The molecule has 1 spiro atoms. The van der Waals surface area contributed by atoms with Crippen LogP contribution < -0.4 is 5.32 Å². The first kappa shape index (κ1) is 11.9. The van der Waals surface area contributed by atoms with Crippen molar-refractivity contribution >= 4 is 0 Å². The first-order valence-electron chi connectivity index (χ1n) is 7.40. The molecule has 0 aromatic carbocycles. The van der Waals surface area contributed by atoms with Gasteiger partial charge in [0.1, 0.15) is 0 Å².